The summed E-state index contributed by atoms with van der Waals surface area (Å²) in [6.45, 7) is 2.00. The van der Waals surface area contributed by atoms with Crippen molar-refractivity contribution in [3.63, 3.8) is 0 Å². The van der Waals surface area contributed by atoms with E-state index in [1.54, 1.807) is 54.2 Å². The summed E-state index contributed by atoms with van der Waals surface area (Å²) in [5.41, 5.74) is 2.51. The molecule has 0 atom stereocenters. The Kier molecular flexibility index (Phi) is 8.61. The molecular weight excluding hydrogens is 464 g/mol. The highest BCUT2D eigenvalue weighted by molar-refractivity contribution is 7.98. The van der Waals surface area contributed by atoms with Crippen LogP contribution in [0.15, 0.2) is 83.8 Å². The van der Waals surface area contributed by atoms with Crippen LogP contribution < -0.4 is 9.62 Å². The standard InChI is InChI=1S/C24H25ClN2O3S2/c1-19-10-12-23(13-11-19)32(29,30)27(22-9-5-8-21(25)16-22)17-24(28)26-14-15-31-18-20-6-3-2-4-7-20/h2-13,16H,14-15,17-18H2,1H3,(H,26,28). The van der Waals surface area contributed by atoms with Gasteiger partial charge < -0.3 is 5.32 Å². The number of aryl methyl sites for hydroxylation is 1. The Labute approximate surface area is 198 Å². The van der Waals surface area contributed by atoms with E-state index in [1.807, 2.05) is 25.1 Å². The second-order valence-electron chi connectivity index (χ2n) is 7.19. The lowest BCUT2D eigenvalue weighted by Crippen LogP contribution is -2.41. The summed E-state index contributed by atoms with van der Waals surface area (Å²) in [5, 5.41) is 3.21. The van der Waals surface area contributed by atoms with Crippen LogP contribution in [0.1, 0.15) is 11.1 Å². The SMILES string of the molecule is Cc1ccc(S(=O)(=O)N(CC(=O)NCCSCc2ccccc2)c2cccc(Cl)c2)cc1. The number of benzene rings is 3. The summed E-state index contributed by atoms with van der Waals surface area (Å²) in [6.07, 6.45) is 0. The quantitative estimate of drug-likeness (QED) is 0.412. The summed E-state index contributed by atoms with van der Waals surface area (Å²) in [4.78, 5) is 12.7. The Bertz CT molecular complexity index is 1140. The second kappa shape index (κ2) is 11.4. The number of rotatable bonds is 10. The monoisotopic (exact) mass is 488 g/mol. The molecule has 0 bridgehead atoms. The molecule has 32 heavy (non-hydrogen) atoms. The lowest BCUT2D eigenvalue weighted by molar-refractivity contribution is -0.119. The number of anilines is 1. The highest BCUT2D eigenvalue weighted by atomic mass is 35.5. The van der Waals surface area contributed by atoms with Crippen LogP contribution >= 0.6 is 23.4 Å². The number of carbonyl (C=O) groups excluding carboxylic acids is 1. The lowest BCUT2D eigenvalue weighted by Gasteiger charge is -2.24. The maximum atomic E-state index is 13.3. The molecule has 3 rings (SSSR count). The first-order chi connectivity index (χ1) is 15.4. The largest absolute Gasteiger partial charge is 0.354 e. The summed E-state index contributed by atoms with van der Waals surface area (Å²) in [6, 6.07) is 23.1. The number of hydrogen-bond acceptors (Lipinski definition) is 4. The van der Waals surface area contributed by atoms with E-state index < -0.39 is 10.0 Å². The second-order valence-corrected chi connectivity index (χ2v) is 10.6. The van der Waals surface area contributed by atoms with Crippen LogP contribution in [0.2, 0.25) is 5.02 Å². The van der Waals surface area contributed by atoms with Crippen molar-refractivity contribution in [3.05, 3.63) is 95.0 Å². The minimum atomic E-state index is -3.95. The Morgan fingerprint density at radius 3 is 2.41 bits per heavy atom. The van der Waals surface area contributed by atoms with Gasteiger partial charge in [-0.15, -0.1) is 0 Å². The fourth-order valence-electron chi connectivity index (χ4n) is 3.00. The van der Waals surface area contributed by atoms with Crippen molar-refractivity contribution in [2.45, 2.75) is 17.6 Å². The molecule has 1 N–H and O–H groups in total. The fraction of sp³-hybridized carbons (Fsp3) is 0.208. The average molecular weight is 489 g/mol. The van der Waals surface area contributed by atoms with Crippen molar-refractivity contribution < 1.29 is 13.2 Å². The Hall–Kier alpha value is -2.48. The highest BCUT2D eigenvalue weighted by Crippen LogP contribution is 2.26. The molecule has 1 amide bonds. The van der Waals surface area contributed by atoms with Crippen molar-refractivity contribution in [1.29, 1.82) is 0 Å². The predicted molar refractivity (Wildman–Crippen MR) is 133 cm³/mol. The van der Waals surface area contributed by atoms with E-state index in [9.17, 15) is 13.2 Å². The topological polar surface area (TPSA) is 66.5 Å². The summed E-state index contributed by atoms with van der Waals surface area (Å²) >= 11 is 7.79. The zero-order valence-corrected chi connectivity index (χ0v) is 20.1. The molecule has 0 aliphatic heterocycles. The minimum Gasteiger partial charge on any atom is -0.354 e. The van der Waals surface area contributed by atoms with Crippen LogP contribution in [0.3, 0.4) is 0 Å². The Morgan fingerprint density at radius 2 is 1.72 bits per heavy atom. The molecule has 168 valence electrons. The van der Waals surface area contributed by atoms with Gasteiger partial charge in [0.1, 0.15) is 6.54 Å². The molecule has 3 aromatic carbocycles. The van der Waals surface area contributed by atoms with E-state index in [-0.39, 0.29) is 17.3 Å². The van der Waals surface area contributed by atoms with Gasteiger partial charge in [0.2, 0.25) is 5.91 Å². The molecular formula is C24H25ClN2O3S2. The van der Waals surface area contributed by atoms with Crippen molar-refractivity contribution in [3.8, 4) is 0 Å². The number of thioether (sulfide) groups is 1. The number of hydrogen-bond donors (Lipinski definition) is 1. The van der Waals surface area contributed by atoms with Gasteiger partial charge in [-0.2, -0.15) is 11.8 Å². The summed E-state index contributed by atoms with van der Waals surface area (Å²) in [5.74, 6) is 1.20. The van der Waals surface area contributed by atoms with Crippen molar-refractivity contribution in [1.82, 2.24) is 5.32 Å². The molecule has 8 heteroatoms. The summed E-state index contributed by atoms with van der Waals surface area (Å²) < 4.78 is 27.7. The lowest BCUT2D eigenvalue weighted by atomic mass is 10.2. The molecule has 0 fully saturated rings. The van der Waals surface area contributed by atoms with Gasteiger partial charge >= 0.3 is 0 Å². The number of sulfonamides is 1. The van der Waals surface area contributed by atoms with Gasteiger partial charge in [0.25, 0.3) is 10.0 Å². The van der Waals surface area contributed by atoms with Crippen LogP contribution in [0, 0.1) is 6.92 Å². The number of nitrogens with zero attached hydrogens (tertiary/aromatic N) is 1. The molecule has 0 radical (unpaired) electrons. The van der Waals surface area contributed by atoms with Gasteiger partial charge in [0, 0.05) is 23.1 Å². The average Bonchev–Trinajstić information content (AvgIpc) is 2.78. The van der Waals surface area contributed by atoms with Crippen LogP contribution in [-0.2, 0) is 20.6 Å². The zero-order valence-electron chi connectivity index (χ0n) is 17.7. The van der Waals surface area contributed by atoms with Crippen LogP contribution in [0.25, 0.3) is 0 Å². The van der Waals surface area contributed by atoms with E-state index in [4.69, 9.17) is 11.6 Å². The van der Waals surface area contributed by atoms with Crippen LogP contribution in [0.5, 0.6) is 0 Å². The van der Waals surface area contributed by atoms with E-state index >= 15 is 0 Å². The molecule has 3 aromatic rings. The first-order valence-electron chi connectivity index (χ1n) is 10.1. The third-order valence-corrected chi connectivity index (χ3v) is 7.73. The van der Waals surface area contributed by atoms with Crippen molar-refractivity contribution in [2.75, 3.05) is 23.1 Å². The third kappa shape index (κ3) is 6.76. The van der Waals surface area contributed by atoms with Gasteiger partial charge in [0.15, 0.2) is 0 Å². The van der Waals surface area contributed by atoms with Crippen LogP contribution in [-0.4, -0.2) is 33.2 Å². The highest BCUT2D eigenvalue weighted by Gasteiger charge is 2.27. The molecule has 0 saturated heterocycles. The Balaban J connectivity index is 1.66. The third-order valence-electron chi connectivity index (χ3n) is 4.67. The van der Waals surface area contributed by atoms with Gasteiger partial charge in [0.05, 0.1) is 10.6 Å². The fourth-order valence-corrected chi connectivity index (χ4v) is 5.41. The molecule has 0 saturated carbocycles. The van der Waals surface area contributed by atoms with E-state index in [2.05, 4.69) is 17.4 Å². The first kappa shape index (κ1) is 24.2. The smallest absolute Gasteiger partial charge is 0.264 e. The molecule has 0 unspecified atom stereocenters. The minimum absolute atomic E-state index is 0.120. The molecule has 0 aromatic heterocycles. The number of amides is 1. The number of carbonyl (C=O) groups is 1. The molecule has 0 aliphatic rings. The molecule has 0 aliphatic carbocycles. The molecule has 0 spiro atoms. The van der Waals surface area contributed by atoms with Crippen molar-refractivity contribution in [2.24, 2.45) is 0 Å². The summed E-state index contributed by atoms with van der Waals surface area (Å²) in [7, 11) is -3.95. The predicted octanol–water partition coefficient (Wildman–Crippen LogP) is 4.89. The zero-order chi connectivity index (χ0) is 23.0. The van der Waals surface area contributed by atoms with Gasteiger partial charge in [-0.25, -0.2) is 8.42 Å². The van der Waals surface area contributed by atoms with E-state index in [0.29, 0.717) is 17.3 Å². The first-order valence-corrected chi connectivity index (χ1v) is 13.1. The van der Waals surface area contributed by atoms with Crippen LogP contribution in [0.4, 0.5) is 5.69 Å². The maximum Gasteiger partial charge on any atom is 0.264 e. The number of nitrogens with one attached hydrogen (secondary N) is 1. The normalized spacial score (nSPS) is 11.2. The Morgan fingerprint density at radius 1 is 1.00 bits per heavy atom. The molecule has 5 nitrogen and oxygen atoms in total. The van der Waals surface area contributed by atoms with Gasteiger partial charge in [-0.05, 0) is 42.8 Å². The van der Waals surface area contributed by atoms with E-state index in [0.717, 1.165) is 21.4 Å². The van der Waals surface area contributed by atoms with E-state index in [1.165, 1.54) is 11.6 Å². The maximum absolute atomic E-state index is 13.3. The molecule has 0 heterocycles. The van der Waals surface area contributed by atoms with Gasteiger partial charge in [-0.1, -0.05) is 65.7 Å². The van der Waals surface area contributed by atoms with Crippen molar-refractivity contribution >= 4 is 45.0 Å². The van der Waals surface area contributed by atoms with Gasteiger partial charge in [-0.3, -0.25) is 9.10 Å². The number of halogens is 1.